The van der Waals surface area contributed by atoms with Gasteiger partial charge >= 0.3 is 0 Å². The van der Waals surface area contributed by atoms with Crippen LogP contribution in [0.3, 0.4) is 0 Å². The molecule has 1 aliphatic rings. The van der Waals surface area contributed by atoms with Crippen LogP contribution in [0.4, 0.5) is 0 Å². The smallest absolute Gasteiger partial charge is 0.239 e. The average molecular weight is 290 g/mol. The maximum absolute atomic E-state index is 12.4. The number of carbonyl (C=O) groups is 1. The number of hydrogen-bond acceptors (Lipinski definition) is 3. The van der Waals surface area contributed by atoms with Crippen LogP contribution < -0.4 is 5.73 Å². The van der Waals surface area contributed by atoms with Crippen molar-refractivity contribution in [2.75, 3.05) is 13.2 Å². The molecule has 2 rings (SSSR count). The standard InChI is InChI=1S/C17H26N2O2/c1-5-15(18)17(20)19-9-16(21-10-13(19)4)14-8-11(2)6-7-12(14)3/h6-8,13,15-16H,5,9-10,18H2,1-4H3/t13-,15+,16+/m1/s1. The Morgan fingerprint density at radius 1 is 1.48 bits per heavy atom. The molecule has 1 aromatic rings. The van der Waals surface area contributed by atoms with Crippen molar-refractivity contribution in [1.29, 1.82) is 0 Å². The third-order valence-corrected chi connectivity index (χ3v) is 4.25. The second-order valence-electron chi connectivity index (χ2n) is 6.04. The van der Waals surface area contributed by atoms with Crippen molar-refractivity contribution in [3.8, 4) is 0 Å². The highest BCUT2D eigenvalue weighted by molar-refractivity contribution is 5.82. The second kappa shape index (κ2) is 6.58. The van der Waals surface area contributed by atoms with Gasteiger partial charge in [-0.25, -0.2) is 0 Å². The average Bonchev–Trinajstić information content (AvgIpc) is 2.49. The Hall–Kier alpha value is -1.39. The molecule has 1 heterocycles. The Morgan fingerprint density at radius 3 is 2.86 bits per heavy atom. The van der Waals surface area contributed by atoms with Gasteiger partial charge in [-0.15, -0.1) is 0 Å². The number of hydrogen-bond donors (Lipinski definition) is 1. The summed E-state index contributed by atoms with van der Waals surface area (Å²) < 4.78 is 5.97. The molecule has 0 bridgehead atoms. The lowest BCUT2D eigenvalue weighted by molar-refractivity contribution is -0.146. The number of morpholine rings is 1. The van der Waals surface area contributed by atoms with Crippen LogP contribution in [0.2, 0.25) is 0 Å². The zero-order valence-corrected chi connectivity index (χ0v) is 13.4. The quantitative estimate of drug-likeness (QED) is 0.929. The van der Waals surface area contributed by atoms with Gasteiger partial charge < -0.3 is 15.4 Å². The SMILES string of the molecule is CC[C@H](N)C(=O)N1C[C@@H](c2cc(C)ccc2C)OC[C@H]1C. The molecule has 0 unspecified atom stereocenters. The maximum atomic E-state index is 12.4. The van der Waals surface area contributed by atoms with Crippen molar-refractivity contribution in [3.05, 3.63) is 34.9 Å². The van der Waals surface area contributed by atoms with Crippen LogP contribution in [-0.4, -0.2) is 36.0 Å². The summed E-state index contributed by atoms with van der Waals surface area (Å²) in [7, 11) is 0. The van der Waals surface area contributed by atoms with Crippen molar-refractivity contribution in [1.82, 2.24) is 4.90 Å². The molecule has 1 fully saturated rings. The van der Waals surface area contributed by atoms with Crippen molar-refractivity contribution >= 4 is 5.91 Å². The van der Waals surface area contributed by atoms with E-state index in [0.717, 1.165) is 0 Å². The first-order chi connectivity index (χ1) is 9.93. The monoisotopic (exact) mass is 290 g/mol. The molecule has 0 aromatic heterocycles. The summed E-state index contributed by atoms with van der Waals surface area (Å²) in [6.07, 6.45) is 0.603. The summed E-state index contributed by atoms with van der Waals surface area (Å²) in [6.45, 7) is 9.25. The Bertz CT molecular complexity index is 516. The number of aryl methyl sites for hydroxylation is 2. The van der Waals surface area contributed by atoms with E-state index in [1.807, 2.05) is 18.7 Å². The summed E-state index contributed by atoms with van der Waals surface area (Å²) in [5.74, 6) is 0.0311. The molecule has 1 amide bonds. The number of benzene rings is 1. The van der Waals surface area contributed by atoms with Crippen LogP contribution in [0.5, 0.6) is 0 Å². The van der Waals surface area contributed by atoms with Crippen molar-refractivity contribution in [3.63, 3.8) is 0 Å². The van der Waals surface area contributed by atoms with Gasteiger partial charge in [-0.3, -0.25) is 4.79 Å². The fraction of sp³-hybridized carbons (Fsp3) is 0.588. The van der Waals surface area contributed by atoms with E-state index in [4.69, 9.17) is 10.5 Å². The minimum Gasteiger partial charge on any atom is -0.370 e. The highest BCUT2D eigenvalue weighted by Gasteiger charge is 2.32. The summed E-state index contributed by atoms with van der Waals surface area (Å²) in [5.41, 5.74) is 9.50. The topological polar surface area (TPSA) is 55.6 Å². The highest BCUT2D eigenvalue weighted by Crippen LogP contribution is 2.28. The number of nitrogens with two attached hydrogens (primary N) is 1. The van der Waals surface area contributed by atoms with E-state index in [1.54, 1.807) is 0 Å². The molecule has 4 nitrogen and oxygen atoms in total. The molecule has 0 radical (unpaired) electrons. The lowest BCUT2D eigenvalue weighted by Gasteiger charge is -2.39. The molecule has 116 valence electrons. The summed E-state index contributed by atoms with van der Waals surface area (Å²) >= 11 is 0. The van der Waals surface area contributed by atoms with E-state index < -0.39 is 6.04 Å². The maximum Gasteiger partial charge on any atom is 0.239 e. The minimum absolute atomic E-state index is 0.0311. The number of rotatable bonds is 3. The van der Waals surface area contributed by atoms with E-state index in [0.29, 0.717) is 19.6 Å². The highest BCUT2D eigenvalue weighted by atomic mass is 16.5. The van der Waals surface area contributed by atoms with Crippen LogP contribution in [0.1, 0.15) is 43.1 Å². The zero-order chi connectivity index (χ0) is 15.6. The van der Waals surface area contributed by atoms with E-state index >= 15 is 0 Å². The van der Waals surface area contributed by atoms with E-state index in [-0.39, 0.29) is 18.1 Å². The van der Waals surface area contributed by atoms with Gasteiger partial charge in [0.1, 0.15) is 6.10 Å². The van der Waals surface area contributed by atoms with Crippen molar-refractivity contribution in [2.45, 2.75) is 52.3 Å². The molecule has 1 aliphatic heterocycles. The third-order valence-electron chi connectivity index (χ3n) is 4.25. The summed E-state index contributed by atoms with van der Waals surface area (Å²) in [5, 5.41) is 0. The van der Waals surface area contributed by atoms with Gasteiger partial charge in [0.15, 0.2) is 0 Å². The third kappa shape index (κ3) is 3.44. The zero-order valence-electron chi connectivity index (χ0n) is 13.4. The molecule has 4 heteroatoms. The van der Waals surface area contributed by atoms with Gasteiger partial charge in [0.05, 0.1) is 25.2 Å². The predicted octanol–water partition coefficient (Wildman–Crippen LogP) is 2.33. The first kappa shape index (κ1) is 16.0. The summed E-state index contributed by atoms with van der Waals surface area (Å²) in [6, 6.07) is 6.02. The number of carbonyl (C=O) groups excluding carboxylic acids is 1. The summed E-state index contributed by atoms with van der Waals surface area (Å²) in [4.78, 5) is 14.3. The molecule has 2 N–H and O–H groups in total. The van der Waals surface area contributed by atoms with Gasteiger partial charge in [0.25, 0.3) is 0 Å². The fourth-order valence-corrected chi connectivity index (χ4v) is 2.75. The molecule has 1 saturated heterocycles. The molecule has 1 aromatic carbocycles. The Labute approximate surface area is 127 Å². The number of amides is 1. The van der Waals surface area contributed by atoms with Gasteiger partial charge in [-0.2, -0.15) is 0 Å². The predicted molar refractivity (Wildman–Crippen MR) is 84.1 cm³/mol. The van der Waals surface area contributed by atoms with Crippen LogP contribution in [0, 0.1) is 13.8 Å². The Balaban J connectivity index is 2.20. The number of nitrogens with zero attached hydrogens (tertiary/aromatic N) is 1. The normalized spacial score (nSPS) is 24.0. The van der Waals surface area contributed by atoms with E-state index in [9.17, 15) is 4.79 Å². The first-order valence-corrected chi connectivity index (χ1v) is 7.68. The molecule has 0 saturated carbocycles. The lowest BCUT2D eigenvalue weighted by atomic mass is 9.98. The molecular formula is C17H26N2O2. The van der Waals surface area contributed by atoms with Gasteiger partial charge in [0, 0.05) is 0 Å². The Kier molecular flexibility index (Phi) is 5.01. The number of ether oxygens (including phenoxy) is 1. The van der Waals surface area contributed by atoms with E-state index in [1.165, 1.54) is 16.7 Å². The Morgan fingerprint density at radius 2 is 2.19 bits per heavy atom. The second-order valence-corrected chi connectivity index (χ2v) is 6.04. The molecule has 0 spiro atoms. The van der Waals surface area contributed by atoms with Crippen molar-refractivity contribution in [2.24, 2.45) is 5.73 Å². The van der Waals surface area contributed by atoms with Gasteiger partial charge in [-0.05, 0) is 38.3 Å². The largest absolute Gasteiger partial charge is 0.370 e. The van der Waals surface area contributed by atoms with Crippen LogP contribution in [0.15, 0.2) is 18.2 Å². The fourth-order valence-electron chi connectivity index (χ4n) is 2.75. The van der Waals surface area contributed by atoms with Crippen LogP contribution in [-0.2, 0) is 9.53 Å². The van der Waals surface area contributed by atoms with E-state index in [2.05, 4.69) is 32.0 Å². The molecule has 21 heavy (non-hydrogen) atoms. The van der Waals surface area contributed by atoms with Crippen LogP contribution in [0.25, 0.3) is 0 Å². The molecular weight excluding hydrogens is 264 g/mol. The molecule has 3 atom stereocenters. The van der Waals surface area contributed by atoms with Gasteiger partial charge in [-0.1, -0.05) is 30.7 Å². The van der Waals surface area contributed by atoms with Crippen molar-refractivity contribution < 1.29 is 9.53 Å². The van der Waals surface area contributed by atoms with Gasteiger partial charge in [0.2, 0.25) is 5.91 Å². The molecule has 0 aliphatic carbocycles. The van der Waals surface area contributed by atoms with Crippen LogP contribution >= 0.6 is 0 Å². The minimum atomic E-state index is -0.412. The first-order valence-electron chi connectivity index (χ1n) is 7.68. The lowest BCUT2D eigenvalue weighted by Crippen LogP contribution is -2.53.